The summed E-state index contributed by atoms with van der Waals surface area (Å²) in [6.45, 7) is 1.90. The maximum Gasteiger partial charge on any atom is 0.261 e. The van der Waals surface area contributed by atoms with Gasteiger partial charge in [0.15, 0.2) is 5.13 Å². The molecule has 1 aliphatic rings. The van der Waals surface area contributed by atoms with Gasteiger partial charge in [0.05, 0.1) is 11.3 Å². The lowest BCUT2D eigenvalue weighted by atomic mass is 10.2. The van der Waals surface area contributed by atoms with Gasteiger partial charge in [-0.05, 0) is 25.0 Å². The summed E-state index contributed by atoms with van der Waals surface area (Å²) < 4.78 is 0. The monoisotopic (exact) mass is 350 g/mol. The Morgan fingerprint density at radius 1 is 1.08 bits per heavy atom. The van der Waals surface area contributed by atoms with Crippen LogP contribution in [-0.2, 0) is 0 Å². The molecule has 0 bridgehead atoms. The first kappa shape index (κ1) is 15.8. The van der Waals surface area contributed by atoms with E-state index in [1.54, 1.807) is 12.3 Å². The predicted octanol–water partition coefficient (Wildman–Crippen LogP) is 4.06. The summed E-state index contributed by atoms with van der Waals surface area (Å²) >= 11 is 1.43. The number of anilines is 2. The maximum absolute atomic E-state index is 12.7. The number of rotatable bonds is 4. The maximum atomic E-state index is 12.7. The number of nitrogens with one attached hydrogen (secondary N) is 1. The minimum absolute atomic E-state index is 0.163. The Bertz CT molecular complexity index is 872. The fraction of sp³-hybridized carbons (Fsp3) is 0.211. The molecule has 1 aliphatic heterocycles. The molecule has 0 radical (unpaired) electrons. The van der Waals surface area contributed by atoms with E-state index >= 15 is 0 Å². The zero-order valence-electron chi connectivity index (χ0n) is 13.7. The van der Waals surface area contributed by atoms with Gasteiger partial charge in [-0.3, -0.25) is 10.1 Å². The molecule has 25 heavy (non-hydrogen) atoms. The SMILES string of the molecule is O=C(Nc1nc(-c2ccccc2)cs1)c1cccnc1N1CCCC1. The summed E-state index contributed by atoms with van der Waals surface area (Å²) in [5.41, 5.74) is 2.51. The van der Waals surface area contributed by atoms with Gasteiger partial charge < -0.3 is 4.90 Å². The van der Waals surface area contributed by atoms with Crippen molar-refractivity contribution < 1.29 is 4.79 Å². The van der Waals surface area contributed by atoms with Crippen LogP contribution in [0.25, 0.3) is 11.3 Å². The van der Waals surface area contributed by atoms with E-state index in [9.17, 15) is 4.79 Å². The number of carbonyl (C=O) groups excluding carboxylic acids is 1. The summed E-state index contributed by atoms with van der Waals surface area (Å²) in [6.07, 6.45) is 4.02. The Morgan fingerprint density at radius 2 is 1.88 bits per heavy atom. The number of carbonyl (C=O) groups is 1. The van der Waals surface area contributed by atoms with Crippen molar-refractivity contribution in [3.8, 4) is 11.3 Å². The summed E-state index contributed by atoms with van der Waals surface area (Å²) in [4.78, 5) is 23.8. The van der Waals surface area contributed by atoms with Crippen LogP contribution in [0.3, 0.4) is 0 Å². The molecule has 3 aromatic rings. The predicted molar refractivity (Wildman–Crippen MR) is 101 cm³/mol. The smallest absolute Gasteiger partial charge is 0.261 e. The first-order valence-corrected chi connectivity index (χ1v) is 9.21. The van der Waals surface area contributed by atoms with Crippen LogP contribution in [0.15, 0.2) is 54.0 Å². The van der Waals surface area contributed by atoms with Crippen molar-refractivity contribution in [2.75, 3.05) is 23.3 Å². The first-order chi connectivity index (χ1) is 12.3. The number of hydrogen-bond donors (Lipinski definition) is 1. The molecular weight excluding hydrogens is 332 g/mol. The molecule has 0 saturated carbocycles. The van der Waals surface area contributed by atoms with E-state index in [1.165, 1.54) is 11.3 Å². The van der Waals surface area contributed by atoms with Gasteiger partial charge in [-0.25, -0.2) is 9.97 Å². The zero-order chi connectivity index (χ0) is 17.1. The molecule has 1 amide bonds. The standard InChI is InChI=1S/C19H18N4OS/c24-18(15-9-6-10-20-17(15)23-11-4-5-12-23)22-19-21-16(13-25-19)14-7-2-1-3-8-14/h1-3,6-10,13H,4-5,11-12H2,(H,21,22,24). The average Bonchev–Trinajstić information content (AvgIpc) is 3.34. The molecule has 126 valence electrons. The van der Waals surface area contributed by atoms with E-state index < -0.39 is 0 Å². The fourth-order valence-corrected chi connectivity index (χ4v) is 3.71. The lowest BCUT2D eigenvalue weighted by Crippen LogP contribution is -2.24. The molecule has 1 N–H and O–H groups in total. The number of nitrogens with zero attached hydrogens (tertiary/aromatic N) is 3. The van der Waals surface area contributed by atoms with Gasteiger partial charge in [-0.15, -0.1) is 11.3 Å². The molecule has 0 spiro atoms. The molecule has 0 aliphatic carbocycles. The van der Waals surface area contributed by atoms with Crippen LogP contribution < -0.4 is 10.2 Å². The highest BCUT2D eigenvalue weighted by Crippen LogP contribution is 2.26. The van der Waals surface area contributed by atoms with Gasteiger partial charge in [-0.1, -0.05) is 30.3 Å². The van der Waals surface area contributed by atoms with Gasteiger partial charge in [-0.2, -0.15) is 0 Å². The van der Waals surface area contributed by atoms with Crippen LogP contribution in [0.1, 0.15) is 23.2 Å². The highest BCUT2D eigenvalue weighted by Gasteiger charge is 2.21. The first-order valence-electron chi connectivity index (χ1n) is 8.33. The van der Waals surface area contributed by atoms with Crippen LogP contribution in [0.2, 0.25) is 0 Å². The molecule has 4 rings (SSSR count). The van der Waals surface area contributed by atoms with Crippen molar-refractivity contribution in [2.24, 2.45) is 0 Å². The summed E-state index contributed by atoms with van der Waals surface area (Å²) in [7, 11) is 0. The Morgan fingerprint density at radius 3 is 2.68 bits per heavy atom. The molecular formula is C19H18N4OS. The third kappa shape index (κ3) is 3.39. The number of amides is 1. The van der Waals surface area contributed by atoms with E-state index in [0.717, 1.165) is 43.0 Å². The van der Waals surface area contributed by atoms with Gasteiger partial charge >= 0.3 is 0 Å². The molecule has 6 heteroatoms. The molecule has 5 nitrogen and oxygen atoms in total. The lowest BCUT2D eigenvalue weighted by Gasteiger charge is -2.19. The Labute approximate surface area is 150 Å². The summed E-state index contributed by atoms with van der Waals surface area (Å²) in [5, 5.41) is 5.47. The largest absolute Gasteiger partial charge is 0.356 e. The summed E-state index contributed by atoms with van der Waals surface area (Å²) in [5.74, 6) is 0.598. The van der Waals surface area contributed by atoms with Gasteiger partial charge in [0.1, 0.15) is 5.82 Å². The second kappa shape index (κ2) is 7.03. The lowest BCUT2D eigenvalue weighted by molar-refractivity contribution is 0.102. The number of benzene rings is 1. The van der Waals surface area contributed by atoms with Crippen molar-refractivity contribution in [2.45, 2.75) is 12.8 Å². The second-order valence-corrected chi connectivity index (χ2v) is 6.78. The van der Waals surface area contributed by atoms with E-state index in [4.69, 9.17) is 0 Å². The van der Waals surface area contributed by atoms with Crippen molar-refractivity contribution in [3.63, 3.8) is 0 Å². The van der Waals surface area contributed by atoms with Crippen molar-refractivity contribution in [1.82, 2.24) is 9.97 Å². The van der Waals surface area contributed by atoms with Gasteiger partial charge in [0, 0.05) is 30.2 Å². The highest BCUT2D eigenvalue weighted by molar-refractivity contribution is 7.14. The molecule has 1 aromatic carbocycles. The Hall–Kier alpha value is -2.73. The number of pyridine rings is 1. The third-order valence-corrected chi connectivity index (χ3v) is 4.99. The van der Waals surface area contributed by atoms with E-state index in [2.05, 4.69) is 20.2 Å². The molecule has 0 atom stereocenters. The Balaban J connectivity index is 1.54. The van der Waals surface area contributed by atoms with Crippen LogP contribution in [-0.4, -0.2) is 29.0 Å². The van der Waals surface area contributed by atoms with E-state index in [0.29, 0.717) is 10.7 Å². The number of hydrogen-bond acceptors (Lipinski definition) is 5. The topological polar surface area (TPSA) is 58.1 Å². The number of thiazole rings is 1. The average molecular weight is 350 g/mol. The van der Waals surface area contributed by atoms with Crippen molar-refractivity contribution in [3.05, 3.63) is 59.6 Å². The van der Waals surface area contributed by atoms with Crippen LogP contribution in [0.5, 0.6) is 0 Å². The summed E-state index contributed by atoms with van der Waals surface area (Å²) in [6, 6.07) is 13.6. The molecule has 1 fully saturated rings. The molecule has 2 aromatic heterocycles. The van der Waals surface area contributed by atoms with Crippen LogP contribution in [0, 0.1) is 0 Å². The fourth-order valence-electron chi connectivity index (χ4n) is 2.99. The van der Waals surface area contributed by atoms with Gasteiger partial charge in [0.2, 0.25) is 0 Å². The number of aromatic nitrogens is 2. The Kier molecular flexibility index (Phi) is 4.43. The zero-order valence-corrected chi connectivity index (χ0v) is 14.5. The highest BCUT2D eigenvalue weighted by atomic mass is 32.1. The third-order valence-electron chi connectivity index (χ3n) is 4.23. The second-order valence-electron chi connectivity index (χ2n) is 5.93. The van der Waals surface area contributed by atoms with Crippen LogP contribution in [0.4, 0.5) is 10.9 Å². The van der Waals surface area contributed by atoms with E-state index in [-0.39, 0.29) is 5.91 Å². The quantitative estimate of drug-likeness (QED) is 0.771. The van der Waals surface area contributed by atoms with Crippen LogP contribution >= 0.6 is 11.3 Å². The minimum atomic E-state index is -0.163. The van der Waals surface area contributed by atoms with Gasteiger partial charge in [0.25, 0.3) is 5.91 Å². The molecule has 3 heterocycles. The van der Waals surface area contributed by atoms with Crippen molar-refractivity contribution in [1.29, 1.82) is 0 Å². The van der Waals surface area contributed by atoms with E-state index in [1.807, 2.05) is 41.8 Å². The van der Waals surface area contributed by atoms with Crippen molar-refractivity contribution >= 4 is 28.2 Å². The molecule has 1 saturated heterocycles. The normalized spacial score (nSPS) is 13.8. The minimum Gasteiger partial charge on any atom is -0.356 e. The molecule has 0 unspecified atom stereocenters.